The number of nitrogens with zero attached hydrogens (tertiary/aromatic N) is 6. The fraction of sp³-hybridized carbons (Fsp3) is 0.176. The minimum Gasteiger partial charge on any atom is -0.506 e. The van der Waals surface area contributed by atoms with Crippen molar-refractivity contribution in [2.45, 2.75) is 31.2 Å². The van der Waals surface area contributed by atoms with E-state index in [0.29, 0.717) is 52.6 Å². The second-order valence-electron chi connectivity index (χ2n) is 10.8. The van der Waals surface area contributed by atoms with Gasteiger partial charge in [-0.15, -0.1) is 5.10 Å². The van der Waals surface area contributed by atoms with Crippen molar-refractivity contribution in [2.75, 3.05) is 18.5 Å². The van der Waals surface area contributed by atoms with Crippen LogP contribution in [0, 0.1) is 13.8 Å². The maximum atomic E-state index is 13.1. The van der Waals surface area contributed by atoms with Crippen LogP contribution in [0.3, 0.4) is 0 Å². The maximum absolute atomic E-state index is 13.1. The quantitative estimate of drug-likeness (QED) is 0.115. The molecule has 2 aromatic heterocycles. The largest absolute Gasteiger partial charge is 0.506 e. The highest BCUT2D eigenvalue weighted by Gasteiger charge is 2.17. The Morgan fingerprint density at radius 2 is 1.83 bits per heavy atom. The van der Waals surface area contributed by atoms with E-state index < -0.39 is 11.9 Å². The second-order valence-corrected chi connectivity index (χ2v) is 11.7. The van der Waals surface area contributed by atoms with Gasteiger partial charge in [0, 0.05) is 29.3 Å². The second kappa shape index (κ2) is 14.2. The number of rotatable bonds is 11. The number of phenolic OH excluding ortho intramolecular Hbond substituents is 1. The molecule has 0 saturated carbocycles. The molecule has 2 amide bonds. The number of aromatic nitrogens is 6. The number of hydrogen-bond donors (Lipinski definition) is 3. The molecule has 6 aromatic rings. The van der Waals surface area contributed by atoms with E-state index >= 15 is 0 Å². The molecule has 0 radical (unpaired) electrons. The first-order valence-corrected chi connectivity index (χ1v) is 15.9. The Morgan fingerprint density at radius 1 is 0.979 bits per heavy atom. The Kier molecular flexibility index (Phi) is 9.43. The third kappa shape index (κ3) is 7.25. The zero-order valence-corrected chi connectivity index (χ0v) is 26.6. The zero-order chi connectivity index (χ0) is 32.8. The van der Waals surface area contributed by atoms with Gasteiger partial charge in [-0.25, -0.2) is 9.78 Å². The van der Waals surface area contributed by atoms with Gasteiger partial charge in [-0.1, -0.05) is 65.9 Å². The van der Waals surface area contributed by atoms with Gasteiger partial charge in [0.15, 0.2) is 0 Å². The Morgan fingerprint density at radius 3 is 2.66 bits per heavy atom. The van der Waals surface area contributed by atoms with Crippen LogP contribution in [-0.4, -0.2) is 60.0 Å². The van der Waals surface area contributed by atoms with Crippen molar-refractivity contribution in [1.82, 2.24) is 35.1 Å². The molecule has 0 unspecified atom stereocenters. The fourth-order valence-corrected chi connectivity index (χ4v) is 5.80. The number of para-hydroxylation sites is 1. The monoisotopic (exact) mass is 648 g/mol. The molecule has 4 aromatic carbocycles. The van der Waals surface area contributed by atoms with Gasteiger partial charge in [-0.05, 0) is 66.6 Å². The van der Waals surface area contributed by atoms with Crippen LogP contribution in [0.4, 0.5) is 10.5 Å². The number of phenols is 1. The molecule has 0 spiro atoms. The molecule has 12 nitrogen and oxygen atoms in total. The van der Waals surface area contributed by atoms with Gasteiger partial charge in [0.1, 0.15) is 17.8 Å². The highest BCUT2D eigenvalue weighted by molar-refractivity contribution is 7.98. The molecule has 3 N–H and O–H groups in total. The number of imidazole rings is 1. The van der Waals surface area contributed by atoms with E-state index in [1.807, 2.05) is 56.3 Å². The molecule has 0 saturated heterocycles. The third-order valence-electron chi connectivity index (χ3n) is 7.38. The minimum absolute atomic E-state index is 0.145. The number of aryl methyl sites for hydroxylation is 2. The number of tetrazole rings is 1. The van der Waals surface area contributed by atoms with E-state index in [9.17, 15) is 14.7 Å². The van der Waals surface area contributed by atoms with Crippen molar-refractivity contribution in [3.05, 3.63) is 114 Å². The van der Waals surface area contributed by atoms with Crippen molar-refractivity contribution in [1.29, 1.82) is 0 Å². The molecule has 0 bridgehead atoms. The number of carbonyl (C=O) groups is 2. The van der Waals surface area contributed by atoms with Crippen molar-refractivity contribution >= 4 is 40.2 Å². The van der Waals surface area contributed by atoms with Crippen LogP contribution < -0.4 is 15.4 Å². The summed E-state index contributed by atoms with van der Waals surface area (Å²) in [5, 5.41) is 30.3. The summed E-state index contributed by atoms with van der Waals surface area (Å²) >= 11 is 1.40. The molecule has 0 atom stereocenters. The van der Waals surface area contributed by atoms with Crippen LogP contribution in [0.2, 0.25) is 0 Å². The van der Waals surface area contributed by atoms with E-state index in [0.717, 1.165) is 17.0 Å². The summed E-state index contributed by atoms with van der Waals surface area (Å²) in [5.41, 5.74) is 4.36. The minimum atomic E-state index is -0.431. The number of nitrogens with one attached hydrogen (secondary N) is 2. The van der Waals surface area contributed by atoms with Gasteiger partial charge in [-0.3, -0.25) is 9.36 Å². The molecule has 238 valence electrons. The fourth-order valence-electron chi connectivity index (χ4n) is 5.01. The molecule has 0 aliphatic carbocycles. The lowest BCUT2D eigenvalue weighted by molar-refractivity contribution is 0.0949. The van der Waals surface area contributed by atoms with Gasteiger partial charge in [0.25, 0.3) is 5.91 Å². The van der Waals surface area contributed by atoms with E-state index in [1.165, 1.54) is 28.2 Å². The highest BCUT2D eigenvalue weighted by atomic mass is 32.2. The van der Waals surface area contributed by atoms with Gasteiger partial charge in [-0.2, -0.15) is 4.68 Å². The predicted octanol–water partition coefficient (Wildman–Crippen LogP) is 5.91. The Labute approximate surface area is 274 Å². The first-order chi connectivity index (χ1) is 22.9. The standard InChI is InChI=1S/C34H32N8O4S/c1-22-12-15-30(23(2)18-22)46-17-7-16-35-32(44)28-14-13-26-27(31(28)43)10-6-11-29(26)37-33(45)41-19-24(36-21-41)20-47-34-38-39-40-42(34)25-8-4-3-5-9-25/h3-6,8-15,18-19,21,43H,7,16-17,20H2,1-2H3,(H,35,44)(H,37,45). The summed E-state index contributed by atoms with van der Waals surface area (Å²) in [6, 6.07) is 23.5. The molecule has 47 heavy (non-hydrogen) atoms. The summed E-state index contributed by atoms with van der Waals surface area (Å²) in [6.45, 7) is 4.86. The van der Waals surface area contributed by atoms with Crippen LogP contribution in [0.5, 0.6) is 11.5 Å². The number of aromatic hydroxyl groups is 1. The van der Waals surface area contributed by atoms with Crippen molar-refractivity contribution in [3.8, 4) is 17.2 Å². The Balaban J connectivity index is 1.05. The van der Waals surface area contributed by atoms with Gasteiger partial charge < -0.3 is 20.5 Å². The van der Waals surface area contributed by atoms with Crippen molar-refractivity contribution in [3.63, 3.8) is 0 Å². The third-order valence-corrected chi connectivity index (χ3v) is 8.33. The van der Waals surface area contributed by atoms with E-state index in [4.69, 9.17) is 4.74 Å². The predicted molar refractivity (Wildman–Crippen MR) is 179 cm³/mol. The molecular weight excluding hydrogens is 616 g/mol. The van der Waals surface area contributed by atoms with Gasteiger partial charge >= 0.3 is 6.03 Å². The molecule has 0 fully saturated rings. The topological polar surface area (TPSA) is 149 Å². The average Bonchev–Trinajstić information content (AvgIpc) is 3.75. The summed E-state index contributed by atoms with van der Waals surface area (Å²) in [5.74, 6) is 0.706. The number of anilines is 1. The SMILES string of the molecule is Cc1ccc(OCCCNC(=O)c2ccc3c(NC(=O)n4cnc(CSc5nnnn5-c5ccccc5)c4)cccc3c2O)c(C)c1. The molecular formula is C34H32N8O4S. The number of ether oxygens (including phenoxy) is 1. The smallest absolute Gasteiger partial charge is 0.331 e. The summed E-state index contributed by atoms with van der Waals surface area (Å²) in [7, 11) is 0. The number of carbonyl (C=O) groups excluding carboxylic acids is 2. The molecule has 13 heteroatoms. The lowest BCUT2D eigenvalue weighted by atomic mass is 10.0. The molecule has 6 rings (SSSR count). The number of benzene rings is 4. The lowest BCUT2D eigenvalue weighted by Gasteiger charge is -2.13. The van der Waals surface area contributed by atoms with E-state index in [1.54, 1.807) is 41.2 Å². The molecule has 0 aliphatic heterocycles. The van der Waals surface area contributed by atoms with Crippen LogP contribution in [-0.2, 0) is 5.75 Å². The van der Waals surface area contributed by atoms with Crippen LogP contribution >= 0.6 is 11.8 Å². The van der Waals surface area contributed by atoms with Crippen LogP contribution in [0.1, 0.15) is 33.6 Å². The van der Waals surface area contributed by atoms with Crippen LogP contribution in [0.15, 0.2) is 96.5 Å². The van der Waals surface area contributed by atoms with Crippen LogP contribution in [0.25, 0.3) is 16.5 Å². The van der Waals surface area contributed by atoms with Gasteiger partial charge in [0.05, 0.1) is 29.2 Å². The lowest BCUT2D eigenvalue weighted by Crippen LogP contribution is -2.25. The molecule has 2 heterocycles. The van der Waals surface area contributed by atoms with E-state index in [2.05, 4.69) is 37.2 Å². The number of thioether (sulfide) groups is 1. The molecule has 0 aliphatic rings. The summed E-state index contributed by atoms with van der Waals surface area (Å²) in [4.78, 5) is 30.4. The average molecular weight is 649 g/mol. The number of hydrogen-bond acceptors (Lipinski definition) is 9. The van der Waals surface area contributed by atoms with E-state index in [-0.39, 0.29) is 11.3 Å². The number of amides is 2. The number of fused-ring (bicyclic) bond motifs is 1. The Hall–Kier alpha value is -5.69. The van der Waals surface area contributed by atoms with Crippen molar-refractivity contribution in [2.24, 2.45) is 0 Å². The van der Waals surface area contributed by atoms with Gasteiger partial charge in [0.2, 0.25) is 5.16 Å². The first kappa shape index (κ1) is 31.3. The zero-order valence-electron chi connectivity index (χ0n) is 25.8. The summed E-state index contributed by atoms with van der Waals surface area (Å²) in [6.07, 6.45) is 3.67. The first-order valence-electron chi connectivity index (χ1n) is 14.9. The highest BCUT2D eigenvalue weighted by Crippen LogP contribution is 2.33. The van der Waals surface area contributed by atoms with Crippen molar-refractivity contribution < 1.29 is 19.4 Å². The summed E-state index contributed by atoms with van der Waals surface area (Å²) < 4.78 is 8.83. The maximum Gasteiger partial charge on any atom is 0.331 e. The normalized spacial score (nSPS) is 11.0. The Bertz CT molecular complexity index is 2040.